The van der Waals surface area contributed by atoms with Gasteiger partial charge in [0.25, 0.3) is 11.6 Å². The van der Waals surface area contributed by atoms with E-state index in [1.807, 2.05) is 0 Å². The number of amides is 1. The summed E-state index contributed by atoms with van der Waals surface area (Å²) in [6, 6.07) is 3.65. The number of nitrogens with zero attached hydrogens (tertiary/aromatic N) is 1. The molecular weight excluding hydrogens is 428 g/mol. The van der Waals surface area contributed by atoms with Crippen LogP contribution in [0.25, 0.3) is 0 Å². The van der Waals surface area contributed by atoms with Gasteiger partial charge in [0.2, 0.25) is 0 Å². The molecule has 0 saturated heterocycles. The monoisotopic (exact) mass is 450 g/mol. The van der Waals surface area contributed by atoms with Crippen molar-refractivity contribution in [2.75, 3.05) is 12.4 Å². The van der Waals surface area contributed by atoms with Crippen LogP contribution in [0.2, 0.25) is 5.02 Å². The van der Waals surface area contributed by atoms with Gasteiger partial charge in [0.15, 0.2) is 0 Å². The van der Waals surface area contributed by atoms with Crippen LogP contribution in [-0.4, -0.2) is 23.9 Å². The lowest BCUT2D eigenvalue weighted by atomic mass is 9.72. The molecule has 30 heavy (non-hydrogen) atoms. The zero-order valence-corrected chi connectivity index (χ0v) is 18.8. The number of hydrogen-bond donors (Lipinski definition) is 1. The standard InChI is InChI=1S/C21H23ClN2O5S/c1-21(2,3)11-5-7-14-16(9-11)30-19(17(14)20(26)29-4)23-18(25)13-8-6-12(24(27)28)10-15(13)22/h6,8,10-11H,5,7,9H2,1-4H3,(H,23,25). The normalized spacial score (nSPS) is 16.0. The molecule has 0 saturated carbocycles. The number of nitro benzene ring substituents is 1. The minimum Gasteiger partial charge on any atom is -0.465 e. The van der Waals surface area contributed by atoms with Gasteiger partial charge in [-0.2, -0.15) is 0 Å². The van der Waals surface area contributed by atoms with E-state index in [9.17, 15) is 19.7 Å². The van der Waals surface area contributed by atoms with Crippen LogP contribution in [0.4, 0.5) is 10.7 Å². The van der Waals surface area contributed by atoms with Crippen LogP contribution in [0.1, 0.15) is 58.3 Å². The highest BCUT2D eigenvalue weighted by Gasteiger charge is 2.34. The Kier molecular flexibility index (Phi) is 6.19. The van der Waals surface area contributed by atoms with Gasteiger partial charge in [0.05, 0.1) is 28.2 Å². The van der Waals surface area contributed by atoms with Crippen LogP contribution in [0, 0.1) is 21.4 Å². The van der Waals surface area contributed by atoms with Gasteiger partial charge >= 0.3 is 5.97 Å². The zero-order valence-electron chi connectivity index (χ0n) is 17.2. The minimum atomic E-state index is -0.581. The number of rotatable bonds is 4. The molecule has 1 aromatic carbocycles. The average molecular weight is 451 g/mol. The molecular formula is C21H23ClN2O5S. The Balaban J connectivity index is 1.94. The maximum atomic E-state index is 12.8. The molecule has 7 nitrogen and oxygen atoms in total. The molecule has 0 fully saturated rings. The number of benzene rings is 1. The first kappa shape index (κ1) is 22.2. The van der Waals surface area contributed by atoms with Crippen LogP contribution in [-0.2, 0) is 17.6 Å². The van der Waals surface area contributed by atoms with Gasteiger partial charge in [-0.15, -0.1) is 11.3 Å². The number of hydrogen-bond acceptors (Lipinski definition) is 6. The van der Waals surface area contributed by atoms with Crippen LogP contribution in [0.3, 0.4) is 0 Å². The summed E-state index contributed by atoms with van der Waals surface area (Å²) in [7, 11) is 1.31. The lowest BCUT2D eigenvalue weighted by Gasteiger charge is -2.33. The maximum Gasteiger partial charge on any atom is 0.341 e. The van der Waals surface area contributed by atoms with Crippen molar-refractivity contribution >= 4 is 45.5 Å². The fraction of sp³-hybridized carbons (Fsp3) is 0.429. The van der Waals surface area contributed by atoms with Crippen molar-refractivity contribution in [2.45, 2.75) is 40.0 Å². The van der Waals surface area contributed by atoms with Gasteiger partial charge in [-0.3, -0.25) is 14.9 Å². The fourth-order valence-electron chi connectivity index (χ4n) is 3.70. The molecule has 1 aliphatic carbocycles. The second-order valence-electron chi connectivity index (χ2n) is 8.38. The Morgan fingerprint density at radius 1 is 1.33 bits per heavy atom. The summed E-state index contributed by atoms with van der Waals surface area (Å²) in [4.78, 5) is 36.7. The van der Waals surface area contributed by atoms with E-state index in [0.29, 0.717) is 16.5 Å². The average Bonchev–Trinajstić information content (AvgIpc) is 3.03. The van der Waals surface area contributed by atoms with Gasteiger partial charge in [-0.05, 0) is 42.2 Å². The predicted molar refractivity (Wildman–Crippen MR) is 117 cm³/mol. The van der Waals surface area contributed by atoms with Crippen LogP contribution < -0.4 is 5.32 Å². The van der Waals surface area contributed by atoms with E-state index in [4.69, 9.17) is 16.3 Å². The van der Waals surface area contributed by atoms with Gasteiger partial charge in [0, 0.05) is 17.0 Å². The number of ether oxygens (including phenoxy) is 1. The molecule has 160 valence electrons. The Morgan fingerprint density at radius 3 is 2.60 bits per heavy atom. The van der Waals surface area contributed by atoms with E-state index in [0.717, 1.165) is 35.8 Å². The summed E-state index contributed by atoms with van der Waals surface area (Å²) in [6.45, 7) is 6.62. The van der Waals surface area contributed by atoms with E-state index >= 15 is 0 Å². The number of anilines is 1. The Hall–Kier alpha value is -2.45. The molecule has 0 spiro atoms. The first-order valence-electron chi connectivity index (χ1n) is 9.51. The topological polar surface area (TPSA) is 98.5 Å². The van der Waals surface area contributed by atoms with Crippen molar-refractivity contribution in [2.24, 2.45) is 11.3 Å². The van der Waals surface area contributed by atoms with Crippen molar-refractivity contribution < 1.29 is 19.2 Å². The summed E-state index contributed by atoms with van der Waals surface area (Å²) in [5.74, 6) is -0.556. The molecule has 3 rings (SSSR count). The van der Waals surface area contributed by atoms with Crippen molar-refractivity contribution in [1.82, 2.24) is 0 Å². The summed E-state index contributed by atoms with van der Waals surface area (Å²) >= 11 is 7.46. The SMILES string of the molecule is COC(=O)c1c(NC(=O)c2ccc([N+](=O)[O-])cc2Cl)sc2c1CCC(C(C)(C)C)C2. The number of non-ortho nitro benzene ring substituents is 1. The van der Waals surface area contributed by atoms with E-state index in [1.54, 1.807) is 0 Å². The molecule has 1 aromatic heterocycles. The number of halogens is 1. The zero-order chi connectivity index (χ0) is 22.2. The third-order valence-electron chi connectivity index (χ3n) is 5.51. The number of thiophene rings is 1. The number of esters is 1. The Bertz CT molecular complexity index is 1030. The summed E-state index contributed by atoms with van der Waals surface area (Å²) in [5.41, 5.74) is 1.35. The van der Waals surface area contributed by atoms with E-state index in [1.165, 1.54) is 30.6 Å². The number of methoxy groups -OCH3 is 1. The van der Waals surface area contributed by atoms with Crippen LogP contribution >= 0.6 is 22.9 Å². The maximum absolute atomic E-state index is 12.8. The van der Waals surface area contributed by atoms with Crippen molar-refractivity contribution in [1.29, 1.82) is 0 Å². The highest BCUT2D eigenvalue weighted by atomic mass is 35.5. The molecule has 1 atom stereocenters. The van der Waals surface area contributed by atoms with Gasteiger partial charge in [0.1, 0.15) is 5.00 Å². The Morgan fingerprint density at radius 2 is 2.03 bits per heavy atom. The molecule has 0 radical (unpaired) electrons. The lowest BCUT2D eigenvalue weighted by Crippen LogP contribution is -2.26. The quantitative estimate of drug-likeness (QED) is 0.376. The third-order valence-corrected chi connectivity index (χ3v) is 7.00. The summed E-state index contributed by atoms with van der Waals surface area (Å²) in [5, 5.41) is 14.0. The van der Waals surface area contributed by atoms with Crippen molar-refractivity contribution in [3.63, 3.8) is 0 Å². The second kappa shape index (κ2) is 8.35. The number of nitrogens with one attached hydrogen (secondary N) is 1. The van der Waals surface area contributed by atoms with E-state index in [-0.39, 0.29) is 21.7 Å². The van der Waals surface area contributed by atoms with E-state index < -0.39 is 16.8 Å². The third kappa shape index (κ3) is 4.34. The molecule has 0 aliphatic heterocycles. The number of carbonyl (C=O) groups is 2. The molecule has 9 heteroatoms. The van der Waals surface area contributed by atoms with Gasteiger partial charge in [-0.1, -0.05) is 32.4 Å². The van der Waals surface area contributed by atoms with E-state index in [2.05, 4.69) is 26.1 Å². The summed E-state index contributed by atoms with van der Waals surface area (Å²) < 4.78 is 4.96. The molecule has 1 aliphatic rings. The molecule has 2 aromatic rings. The van der Waals surface area contributed by atoms with Crippen LogP contribution in [0.15, 0.2) is 18.2 Å². The minimum absolute atomic E-state index is 0.0320. The molecule has 1 amide bonds. The largest absolute Gasteiger partial charge is 0.465 e. The summed E-state index contributed by atoms with van der Waals surface area (Å²) in [6.07, 6.45) is 2.53. The number of nitro groups is 1. The molecule has 0 bridgehead atoms. The molecule has 1 heterocycles. The second-order valence-corrected chi connectivity index (χ2v) is 9.89. The molecule has 1 N–H and O–H groups in total. The number of fused-ring (bicyclic) bond motifs is 1. The first-order chi connectivity index (χ1) is 14.0. The fourth-order valence-corrected chi connectivity index (χ4v) is 5.27. The highest BCUT2D eigenvalue weighted by molar-refractivity contribution is 7.17. The smallest absolute Gasteiger partial charge is 0.341 e. The van der Waals surface area contributed by atoms with Crippen LogP contribution in [0.5, 0.6) is 0 Å². The first-order valence-corrected chi connectivity index (χ1v) is 10.7. The lowest BCUT2D eigenvalue weighted by molar-refractivity contribution is -0.384. The number of carbonyl (C=O) groups excluding carboxylic acids is 2. The molecule has 1 unspecified atom stereocenters. The van der Waals surface area contributed by atoms with Gasteiger partial charge < -0.3 is 10.1 Å². The highest BCUT2D eigenvalue weighted by Crippen LogP contribution is 2.44. The van der Waals surface area contributed by atoms with Gasteiger partial charge in [-0.25, -0.2) is 4.79 Å². The predicted octanol–water partition coefficient (Wildman–Crippen LogP) is 5.50. The van der Waals surface area contributed by atoms with Crippen molar-refractivity contribution in [3.8, 4) is 0 Å². The Labute approximate surface area is 183 Å². The van der Waals surface area contributed by atoms with Crippen molar-refractivity contribution in [3.05, 3.63) is 54.9 Å².